The van der Waals surface area contributed by atoms with Gasteiger partial charge in [-0.05, 0) is 30.2 Å². The molecule has 0 bridgehead atoms. The second-order valence-electron chi connectivity index (χ2n) is 6.97. The minimum absolute atomic E-state index is 0.00513. The van der Waals surface area contributed by atoms with Crippen molar-refractivity contribution in [1.82, 2.24) is 15.1 Å². The van der Waals surface area contributed by atoms with Crippen LogP contribution in [0.1, 0.15) is 18.2 Å². The predicted molar refractivity (Wildman–Crippen MR) is 108 cm³/mol. The fourth-order valence-corrected chi connectivity index (χ4v) is 3.31. The third-order valence-electron chi connectivity index (χ3n) is 4.91. The second kappa shape index (κ2) is 10.1. The van der Waals surface area contributed by atoms with E-state index in [9.17, 15) is 9.59 Å². The van der Waals surface area contributed by atoms with E-state index in [1.807, 2.05) is 30.3 Å². The molecule has 2 aromatic rings. The van der Waals surface area contributed by atoms with Gasteiger partial charge in [0.2, 0.25) is 11.8 Å². The van der Waals surface area contributed by atoms with E-state index in [4.69, 9.17) is 4.42 Å². The topological polar surface area (TPSA) is 77.8 Å². The number of amides is 2. The number of carbonyl (C=O) groups excluding carboxylic acids is 2. The van der Waals surface area contributed by atoms with Crippen LogP contribution in [0.15, 0.2) is 47.1 Å². The Kier molecular flexibility index (Phi) is 7.22. The molecule has 7 nitrogen and oxygen atoms in total. The van der Waals surface area contributed by atoms with Gasteiger partial charge in [0.15, 0.2) is 0 Å². The SMILES string of the molecule is CCc1ccccc1NC(=O)CN1CCN(CC(=O)NCc2ccco2)CC1. The normalized spacial score (nSPS) is 15.3. The largest absolute Gasteiger partial charge is 0.467 e. The fraction of sp³-hybridized carbons (Fsp3) is 0.429. The van der Waals surface area contributed by atoms with Crippen LogP contribution in [0.5, 0.6) is 0 Å². The van der Waals surface area contributed by atoms with E-state index in [0.717, 1.165) is 49.6 Å². The van der Waals surface area contributed by atoms with Crippen LogP contribution in [0.2, 0.25) is 0 Å². The van der Waals surface area contributed by atoms with E-state index in [1.54, 1.807) is 12.3 Å². The summed E-state index contributed by atoms with van der Waals surface area (Å²) in [6.45, 7) is 6.31. The molecular weight excluding hydrogens is 356 g/mol. The molecule has 1 aliphatic rings. The molecule has 2 amide bonds. The van der Waals surface area contributed by atoms with Gasteiger partial charge in [0.1, 0.15) is 5.76 Å². The Labute approximate surface area is 165 Å². The van der Waals surface area contributed by atoms with Crippen molar-refractivity contribution in [1.29, 1.82) is 0 Å². The third-order valence-corrected chi connectivity index (χ3v) is 4.91. The van der Waals surface area contributed by atoms with Crippen molar-refractivity contribution in [2.45, 2.75) is 19.9 Å². The maximum absolute atomic E-state index is 12.4. The van der Waals surface area contributed by atoms with Gasteiger partial charge in [-0.15, -0.1) is 0 Å². The van der Waals surface area contributed by atoms with Gasteiger partial charge in [-0.1, -0.05) is 25.1 Å². The van der Waals surface area contributed by atoms with Crippen molar-refractivity contribution in [3.05, 3.63) is 54.0 Å². The quantitative estimate of drug-likeness (QED) is 0.725. The Bertz CT molecular complexity index is 768. The number of carbonyl (C=O) groups is 2. The number of nitrogens with zero attached hydrogens (tertiary/aromatic N) is 2. The first-order valence-electron chi connectivity index (χ1n) is 9.75. The highest BCUT2D eigenvalue weighted by atomic mass is 16.3. The molecule has 2 heterocycles. The van der Waals surface area contributed by atoms with Gasteiger partial charge in [0, 0.05) is 31.9 Å². The molecule has 1 aromatic heterocycles. The van der Waals surface area contributed by atoms with Crippen molar-refractivity contribution in [3.8, 4) is 0 Å². The molecule has 0 atom stereocenters. The van der Waals surface area contributed by atoms with Gasteiger partial charge in [-0.25, -0.2) is 0 Å². The summed E-state index contributed by atoms with van der Waals surface area (Å²) >= 11 is 0. The summed E-state index contributed by atoms with van der Waals surface area (Å²) in [4.78, 5) is 28.7. The van der Waals surface area contributed by atoms with Gasteiger partial charge >= 0.3 is 0 Å². The predicted octanol–water partition coefficient (Wildman–Crippen LogP) is 1.71. The fourth-order valence-electron chi connectivity index (χ4n) is 3.31. The van der Waals surface area contributed by atoms with E-state index in [0.29, 0.717) is 19.6 Å². The van der Waals surface area contributed by atoms with Crippen LogP contribution in [-0.4, -0.2) is 60.9 Å². The lowest BCUT2D eigenvalue weighted by Crippen LogP contribution is -2.50. The van der Waals surface area contributed by atoms with Crippen LogP contribution >= 0.6 is 0 Å². The number of para-hydroxylation sites is 1. The Hall–Kier alpha value is -2.64. The van der Waals surface area contributed by atoms with Gasteiger partial charge in [-0.3, -0.25) is 19.4 Å². The summed E-state index contributed by atoms with van der Waals surface area (Å²) in [7, 11) is 0. The molecule has 7 heteroatoms. The van der Waals surface area contributed by atoms with Crippen molar-refractivity contribution in [2.24, 2.45) is 0 Å². The van der Waals surface area contributed by atoms with E-state index in [1.165, 1.54) is 0 Å². The van der Waals surface area contributed by atoms with Crippen molar-refractivity contribution < 1.29 is 14.0 Å². The van der Waals surface area contributed by atoms with E-state index in [2.05, 4.69) is 27.4 Å². The molecule has 0 unspecified atom stereocenters. The third kappa shape index (κ3) is 5.94. The smallest absolute Gasteiger partial charge is 0.238 e. The van der Waals surface area contributed by atoms with Crippen molar-refractivity contribution in [3.63, 3.8) is 0 Å². The number of benzene rings is 1. The average molecular weight is 384 g/mol. The van der Waals surface area contributed by atoms with Crippen molar-refractivity contribution >= 4 is 17.5 Å². The lowest BCUT2D eigenvalue weighted by Gasteiger charge is -2.33. The Morgan fingerprint density at radius 2 is 1.64 bits per heavy atom. The number of anilines is 1. The molecular formula is C21H28N4O3. The minimum Gasteiger partial charge on any atom is -0.467 e. The summed E-state index contributed by atoms with van der Waals surface area (Å²) in [6, 6.07) is 11.5. The Balaban J connectivity index is 1.36. The molecule has 3 rings (SSSR count). The summed E-state index contributed by atoms with van der Waals surface area (Å²) < 4.78 is 5.21. The number of furan rings is 1. The summed E-state index contributed by atoms with van der Waals surface area (Å²) in [5.74, 6) is 0.734. The van der Waals surface area contributed by atoms with Crippen LogP contribution in [0, 0.1) is 0 Å². The molecule has 1 aromatic carbocycles. The van der Waals surface area contributed by atoms with E-state index < -0.39 is 0 Å². The zero-order chi connectivity index (χ0) is 19.8. The van der Waals surface area contributed by atoms with Crippen molar-refractivity contribution in [2.75, 3.05) is 44.6 Å². The highest BCUT2D eigenvalue weighted by Crippen LogP contribution is 2.15. The Morgan fingerprint density at radius 1 is 0.964 bits per heavy atom. The first-order valence-corrected chi connectivity index (χ1v) is 9.75. The number of aryl methyl sites for hydroxylation is 1. The minimum atomic E-state index is -0.0150. The van der Waals surface area contributed by atoms with Gasteiger partial charge in [-0.2, -0.15) is 0 Å². The van der Waals surface area contributed by atoms with Crippen LogP contribution < -0.4 is 10.6 Å². The summed E-state index contributed by atoms with van der Waals surface area (Å²) in [5, 5.41) is 5.88. The molecule has 150 valence electrons. The molecule has 0 radical (unpaired) electrons. The molecule has 0 spiro atoms. The molecule has 2 N–H and O–H groups in total. The van der Waals surface area contributed by atoms with Gasteiger partial charge in [0.25, 0.3) is 0 Å². The van der Waals surface area contributed by atoms with E-state index in [-0.39, 0.29) is 11.8 Å². The lowest BCUT2D eigenvalue weighted by atomic mass is 10.1. The second-order valence-corrected chi connectivity index (χ2v) is 6.97. The number of piperazine rings is 1. The first kappa shape index (κ1) is 20.1. The molecule has 0 aliphatic carbocycles. The van der Waals surface area contributed by atoms with Crippen LogP contribution in [0.25, 0.3) is 0 Å². The number of hydrogen-bond acceptors (Lipinski definition) is 5. The lowest BCUT2D eigenvalue weighted by molar-refractivity contribution is -0.123. The van der Waals surface area contributed by atoms with Gasteiger partial charge in [0.05, 0.1) is 25.9 Å². The maximum Gasteiger partial charge on any atom is 0.238 e. The molecule has 1 saturated heterocycles. The number of hydrogen-bond donors (Lipinski definition) is 2. The summed E-state index contributed by atoms with van der Waals surface area (Å²) in [5.41, 5.74) is 2.03. The van der Waals surface area contributed by atoms with Crippen LogP contribution in [0.4, 0.5) is 5.69 Å². The average Bonchev–Trinajstić information content (AvgIpc) is 3.22. The number of nitrogens with one attached hydrogen (secondary N) is 2. The standard InChI is InChI=1S/C21H28N4O3/c1-2-17-6-3-4-8-19(17)23-21(27)16-25-11-9-24(10-12-25)15-20(26)22-14-18-7-5-13-28-18/h3-8,13H,2,9-12,14-16H2,1H3,(H,22,26)(H,23,27). The van der Waals surface area contributed by atoms with Crippen LogP contribution in [-0.2, 0) is 22.6 Å². The number of rotatable bonds is 8. The van der Waals surface area contributed by atoms with E-state index >= 15 is 0 Å². The highest BCUT2D eigenvalue weighted by Gasteiger charge is 2.20. The molecule has 28 heavy (non-hydrogen) atoms. The zero-order valence-electron chi connectivity index (χ0n) is 16.3. The zero-order valence-corrected chi connectivity index (χ0v) is 16.3. The maximum atomic E-state index is 12.4. The first-order chi connectivity index (χ1) is 13.6. The molecule has 0 saturated carbocycles. The summed E-state index contributed by atoms with van der Waals surface area (Å²) in [6.07, 6.45) is 2.48. The van der Waals surface area contributed by atoms with Crippen LogP contribution in [0.3, 0.4) is 0 Å². The molecule has 1 fully saturated rings. The highest BCUT2D eigenvalue weighted by molar-refractivity contribution is 5.93. The van der Waals surface area contributed by atoms with Gasteiger partial charge < -0.3 is 15.1 Å². The monoisotopic (exact) mass is 384 g/mol. The molecule has 1 aliphatic heterocycles. The Morgan fingerprint density at radius 3 is 2.29 bits per heavy atom.